The molecule has 2 N–H and O–H groups in total. The lowest BCUT2D eigenvalue weighted by Crippen LogP contribution is -2.28. The Bertz CT molecular complexity index is 929. The normalized spacial score (nSPS) is 13.5. The van der Waals surface area contributed by atoms with Crippen molar-refractivity contribution in [2.45, 2.75) is 13.5 Å². The van der Waals surface area contributed by atoms with Gasteiger partial charge >= 0.3 is 0 Å². The minimum Gasteiger partial charge on any atom is -0.352 e. The summed E-state index contributed by atoms with van der Waals surface area (Å²) in [6.45, 7) is 2.49. The molecule has 144 valence electrons. The summed E-state index contributed by atoms with van der Waals surface area (Å²) >= 11 is 0.978. The third-order valence-corrected chi connectivity index (χ3v) is 4.95. The van der Waals surface area contributed by atoms with Crippen LogP contribution >= 0.6 is 11.8 Å². The molecule has 1 saturated heterocycles. The number of thioether (sulfide) groups is 1. The van der Waals surface area contributed by atoms with Crippen molar-refractivity contribution in [3.63, 3.8) is 0 Å². The van der Waals surface area contributed by atoms with Crippen molar-refractivity contribution in [1.82, 2.24) is 10.2 Å². The van der Waals surface area contributed by atoms with E-state index in [9.17, 15) is 19.2 Å². The number of carbonyl (C=O) groups excluding carboxylic acids is 4. The summed E-state index contributed by atoms with van der Waals surface area (Å²) in [5.74, 6) is -0.630. The number of imide groups is 1. The lowest BCUT2D eigenvalue weighted by Gasteiger charge is -2.13. The van der Waals surface area contributed by atoms with E-state index in [-0.39, 0.29) is 35.3 Å². The van der Waals surface area contributed by atoms with Crippen molar-refractivity contribution in [2.24, 2.45) is 0 Å². The number of nitrogens with zero attached hydrogens (tertiary/aromatic N) is 1. The molecule has 0 unspecified atom stereocenters. The number of amides is 4. The van der Waals surface area contributed by atoms with Crippen LogP contribution in [-0.4, -0.2) is 40.2 Å². The molecule has 2 aromatic rings. The Morgan fingerprint density at radius 2 is 1.75 bits per heavy atom. The van der Waals surface area contributed by atoms with Crippen molar-refractivity contribution in [3.05, 3.63) is 65.2 Å². The van der Waals surface area contributed by atoms with E-state index in [0.717, 1.165) is 11.8 Å². The second kappa shape index (κ2) is 8.71. The fourth-order valence-corrected chi connectivity index (χ4v) is 3.46. The number of benzene rings is 2. The largest absolute Gasteiger partial charge is 0.352 e. The maximum Gasteiger partial charge on any atom is 0.289 e. The van der Waals surface area contributed by atoms with E-state index < -0.39 is 0 Å². The first kappa shape index (κ1) is 19.6. The van der Waals surface area contributed by atoms with E-state index in [2.05, 4.69) is 10.6 Å². The average Bonchev–Trinajstić information content (AvgIpc) is 3.00. The van der Waals surface area contributed by atoms with Gasteiger partial charge in [0.15, 0.2) is 0 Å². The number of hydrogen-bond acceptors (Lipinski definition) is 5. The first-order chi connectivity index (χ1) is 13.5. The fourth-order valence-electron chi connectivity index (χ4n) is 2.73. The van der Waals surface area contributed by atoms with Gasteiger partial charge in [-0.2, -0.15) is 0 Å². The highest BCUT2D eigenvalue weighted by Gasteiger charge is 2.29. The Morgan fingerprint density at radius 3 is 2.43 bits per heavy atom. The lowest BCUT2D eigenvalue weighted by molar-refractivity contribution is -0.125. The highest BCUT2D eigenvalue weighted by Crippen LogP contribution is 2.22. The molecule has 0 saturated carbocycles. The third kappa shape index (κ3) is 4.58. The molecule has 4 amide bonds. The number of carbonyl (C=O) groups is 4. The molecule has 1 aliphatic rings. The molecule has 8 heteroatoms. The lowest BCUT2D eigenvalue weighted by atomic mass is 10.1. The van der Waals surface area contributed by atoms with Crippen LogP contribution in [0.4, 0.5) is 10.5 Å². The van der Waals surface area contributed by atoms with Gasteiger partial charge in [-0.1, -0.05) is 30.0 Å². The molecule has 0 bridgehead atoms. The van der Waals surface area contributed by atoms with E-state index in [1.165, 1.54) is 4.90 Å². The van der Waals surface area contributed by atoms with Gasteiger partial charge in [-0.25, -0.2) is 0 Å². The predicted octanol–water partition coefficient (Wildman–Crippen LogP) is 2.88. The molecule has 1 heterocycles. The van der Waals surface area contributed by atoms with Gasteiger partial charge in [0.1, 0.15) is 0 Å². The summed E-state index contributed by atoms with van der Waals surface area (Å²) in [5.41, 5.74) is 2.04. The summed E-state index contributed by atoms with van der Waals surface area (Å²) in [6, 6.07) is 13.4. The summed E-state index contributed by atoms with van der Waals surface area (Å²) in [6.07, 6.45) is 0. The zero-order valence-electron chi connectivity index (χ0n) is 15.2. The summed E-state index contributed by atoms with van der Waals surface area (Å²) in [4.78, 5) is 49.2. The number of anilines is 1. The zero-order valence-corrected chi connectivity index (χ0v) is 16.0. The Morgan fingerprint density at radius 1 is 1.04 bits per heavy atom. The van der Waals surface area contributed by atoms with Crippen LogP contribution < -0.4 is 10.6 Å². The van der Waals surface area contributed by atoms with Gasteiger partial charge in [0.05, 0.1) is 12.3 Å². The predicted molar refractivity (Wildman–Crippen MR) is 107 cm³/mol. The van der Waals surface area contributed by atoms with Crippen LogP contribution in [0.1, 0.15) is 33.2 Å². The SMILES string of the molecule is CCNC(=O)c1cccc(NC(=O)c2cccc(CN3C(=O)CSC3=O)c2)c1. The molecule has 0 aromatic heterocycles. The average molecular weight is 397 g/mol. The van der Waals surface area contributed by atoms with Crippen LogP contribution in [0.3, 0.4) is 0 Å². The van der Waals surface area contributed by atoms with Gasteiger partial charge in [-0.15, -0.1) is 0 Å². The Balaban J connectivity index is 1.71. The quantitative estimate of drug-likeness (QED) is 0.781. The second-order valence-corrected chi connectivity index (χ2v) is 7.06. The van der Waals surface area contributed by atoms with Crippen LogP contribution in [0, 0.1) is 0 Å². The van der Waals surface area contributed by atoms with Crippen molar-refractivity contribution in [3.8, 4) is 0 Å². The molecule has 0 radical (unpaired) electrons. The Hall–Kier alpha value is -3.13. The van der Waals surface area contributed by atoms with Crippen LogP contribution in [-0.2, 0) is 11.3 Å². The molecule has 1 fully saturated rings. The van der Waals surface area contributed by atoms with E-state index in [4.69, 9.17) is 0 Å². The molecule has 2 aromatic carbocycles. The van der Waals surface area contributed by atoms with Crippen molar-refractivity contribution in [1.29, 1.82) is 0 Å². The van der Waals surface area contributed by atoms with Gasteiger partial charge in [0, 0.05) is 23.4 Å². The molecule has 7 nitrogen and oxygen atoms in total. The monoisotopic (exact) mass is 397 g/mol. The van der Waals surface area contributed by atoms with Gasteiger partial charge in [0.25, 0.3) is 17.1 Å². The number of nitrogens with one attached hydrogen (secondary N) is 2. The number of rotatable bonds is 6. The molecule has 28 heavy (non-hydrogen) atoms. The van der Waals surface area contributed by atoms with E-state index in [0.29, 0.717) is 28.9 Å². The van der Waals surface area contributed by atoms with Crippen LogP contribution in [0.5, 0.6) is 0 Å². The second-order valence-electron chi connectivity index (χ2n) is 6.13. The van der Waals surface area contributed by atoms with E-state index in [1.807, 2.05) is 6.92 Å². The molecule has 0 aliphatic carbocycles. The van der Waals surface area contributed by atoms with Gasteiger partial charge in [0.2, 0.25) is 5.91 Å². The van der Waals surface area contributed by atoms with Crippen LogP contribution in [0.25, 0.3) is 0 Å². The summed E-state index contributed by atoms with van der Waals surface area (Å²) < 4.78 is 0. The van der Waals surface area contributed by atoms with Crippen molar-refractivity contribution in [2.75, 3.05) is 17.6 Å². The van der Waals surface area contributed by atoms with Crippen LogP contribution in [0.2, 0.25) is 0 Å². The third-order valence-electron chi connectivity index (χ3n) is 4.09. The minimum absolute atomic E-state index is 0.137. The standard InChI is InChI=1S/C20H19N3O4S/c1-2-21-18(25)15-7-4-8-16(10-15)22-19(26)14-6-3-5-13(9-14)11-23-17(24)12-28-20(23)27/h3-10H,2,11-12H2,1H3,(H,21,25)(H,22,26). The zero-order chi connectivity index (χ0) is 20.1. The number of hydrogen-bond donors (Lipinski definition) is 2. The Kier molecular flexibility index (Phi) is 6.10. The van der Waals surface area contributed by atoms with Gasteiger partial charge in [-0.3, -0.25) is 24.1 Å². The fraction of sp³-hybridized carbons (Fsp3) is 0.200. The molecule has 0 atom stereocenters. The smallest absolute Gasteiger partial charge is 0.289 e. The first-order valence-corrected chi connectivity index (χ1v) is 9.72. The highest BCUT2D eigenvalue weighted by atomic mass is 32.2. The van der Waals surface area contributed by atoms with Crippen LogP contribution in [0.15, 0.2) is 48.5 Å². The first-order valence-electron chi connectivity index (χ1n) is 8.73. The molecule has 3 rings (SSSR count). The summed E-state index contributed by atoms with van der Waals surface area (Å²) in [7, 11) is 0. The van der Waals surface area contributed by atoms with Crippen molar-refractivity contribution < 1.29 is 19.2 Å². The highest BCUT2D eigenvalue weighted by molar-refractivity contribution is 8.14. The molecule has 0 spiro atoms. The van der Waals surface area contributed by atoms with E-state index in [1.54, 1.807) is 48.5 Å². The minimum atomic E-state index is -0.344. The topological polar surface area (TPSA) is 95.6 Å². The molecular formula is C20H19N3O4S. The maximum atomic E-state index is 12.6. The maximum absolute atomic E-state index is 12.6. The summed E-state index contributed by atoms with van der Waals surface area (Å²) in [5, 5.41) is 5.20. The molecular weight excluding hydrogens is 378 g/mol. The van der Waals surface area contributed by atoms with E-state index >= 15 is 0 Å². The van der Waals surface area contributed by atoms with Gasteiger partial charge in [-0.05, 0) is 42.8 Å². The van der Waals surface area contributed by atoms with Gasteiger partial charge < -0.3 is 10.6 Å². The molecule has 1 aliphatic heterocycles. The van der Waals surface area contributed by atoms with Crippen molar-refractivity contribution >= 4 is 40.4 Å². The Labute approximate surface area is 166 Å².